The molecule has 0 saturated carbocycles. The number of fused-ring (bicyclic) bond motifs is 1. The number of aromatic nitrogens is 2. The van der Waals surface area contributed by atoms with Gasteiger partial charge in [0.2, 0.25) is 0 Å². The van der Waals surface area contributed by atoms with Gasteiger partial charge in [-0.3, -0.25) is 0 Å². The minimum Gasteiger partial charge on any atom is -0.370 e. The van der Waals surface area contributed by atoms with E-state index < -0.39 is 0 Å². The molecule has 0 atom stereocenters. The summed E-state index contributed by atoms with van der Waals surface area (Å²) in [6.45, 7) is 7.09. The lowest BCUT2D eigenvalue weighted by molar-refractivity contribution is -0.0428. The maximum Gasteiger partial charge on any atom is 0.160 e. The van der Waals surface area contributed by atoms with Crippen LogP contribution in [0.2, 0.25) is 0 Å². The van der Waals surface area contributed by atoms with Gasteiger partial charge in [-0.25, -0.2) is 9.97 Å². The second-order valence-electron chi connectivity index (χ2n) is 6.57. The highest BCUT2D eigenvalue weighted by Gasteiger charge is 2.30. The number of hydrogen-bond donors (Lipinski definition) is 0. The lowest BCUT2D eigenvalue weighted by Crippen LogP contribution is -2.33. The van der Waals surface area contributed by atoms with Crippen molar-refractivity contribution in [1.82, 2.24) is 9.97 Å². The zero-order valence-corrected chi connectivity index (χ0v) is 14.9. The Bertz CT molecular complexity index is 671. The van der Waals surface area contributed by atoms with Crippen LogP contribution >= 0.6 is 11.8 Å². The summed E-state index contributed by atoms with van der Waals surface area (Å²) in [7, 11) is 0. The molecule has 122 valence electrons. The van der Waals surface area contributed by atoms with E-state index in [0.717, 1.165) is 34.3 Å². The second-order valence-corrected chi connectivity index (χ2v) is 7.65. The Hall–Kier alpha value is -1.39. The summed E-state index contributed by atoms with van der Waals surface area (Å²) in [4.78, 5) is 9.71. The molecule has 1 aromatic carbocycles. The average Bonchev–Trinajstić information content (AvgIpc) is 2.54. The van der Waals surface area contributed by atoms with Gasteiger partial charge in [0.1, 0.15) is 5.03 Å². The van der Waals surface area contributed by atoms with Crippen LogP contribution in [0.25, 0.3) is 11.4 Å². The van der Waals surface area contributed by atoms with Gasteiger partial charge in [-0.2, -0.15) is 0 Å². The molecule has 1 aliphatic heterocycles. The predicted octanol–water partition coefficient (Wildman–Crippen LogP) is 4.89. The monoisotopic (exact) mass is 328 g/mol. The van der Waals surface area contributed by atoms with Crippen molar-refractivity contribution < 1.29 is 4.74 Å². The standard InChI is InChI=1S/C19H24N2OS/c1-4-5-11-23-18-15-13-22-19(2,3)12-16(15)20-17(21-18)14-9-7-6-8-10-14/h6-10H,4-5,11-13H2,1-3H3. The minimum absolute atomic E-state index is 0.152. The van der Waals surface area contributed by atoms with Crippen LogP contribution in [-0.4, -0.2) is 21.3 Å². The Morgan fingerprint density at radius 1 is 1.17 bits per heavy atom. The highest BCUT2D eigenvalue weighted by molar-refractivity contribution is 7.99. The van der Waals surface area contributed by atoms with Crippen molar-refractivity contribution in [3.05, 3.63) is 41.6 Å². The van der Waals surface area contributed by atoms with Gasteiger partial charge in [0.15, 0.2) is 5.82 Å². The quantitative estimate of drug-likeness (QED) is 0.445. The van der Waals surface area contributed by atoms with Gasteiger partial charge in [0.25, 0.3) is 0 Å². The van der Waals surface area contributed by atoms with E-state index in [1.54, 1.807) is 0 Å². The summed E-state index contributed by atoms with van der Waals surface area (Å²) in [5, 5.41) is 1.10. The number of ether oxygens (including phenoxy) is 1. The maximum absolute atomic E-state index is 5.99. The Kier molecular flexibility index (Phi) is 5.02. The molecule has 0 spiro atoms. The molecule has 0 aliphatic carbocycles. The molecule has 1 aromatic heterocycles. The van der Waals surface area contributed by atoms with E-state index >= 15 is 0 Å². The molecule has 0 bridgehead atoms. The zero-order chi connectivity index (χ0) is 16.3. The number of benzene rings is 1. The number of rotatable bonds is 5. The van der Waals surface area contributed by atoms with Crippen LogP contribution in [0, 0.1) is 0 Å². The fourth-order valence-electron chi connectivity index (χ4n) is 2.67. The molecule has 0 saturated heterocycles. The SMILES string of the molecule is CCCCSc1nc(-c2ccccc2)nc2c1COC(C)(C)C2. The highest BCUT2D eigenvalue weighted by atomic mass is 32.2. The van der Waals surface area contributed by atoms with Crippen LogP contribution in [0.4, 0.5) is 0 Å². The summed E-state index contributed by atoms with van der Waals surface area (Å²) >= 11 is 1.84. The number of thioether (sulfide) groups is 1. The topological polar surface area (TPSA) is 35.0 Å². The van der Waals surface area contributed by atoms with E-state index in [2.05, 4.69) is 32.9 Å². The summed E-state index contributed by atoms with van der Waals surface area (Å²) in [6.07, 6.45) is 3.25. The van der Waals surface area contributed by atoms with Gasteiger partial charge < -0.3 is 4.74 Å². The van der Waals surface area contributed by atoms with E-state index in [1.165, 1.54) is 18.4 Å². The fraction of sp³-hybridized carbons (Fsp3) is 0.474. The predicted molar refractivity (Wildman–Crippen MR) is 95.7 cm³/mol. The lowest BCUT2D eigenvalue weighted by Gasteiger charge is -2.32. The molecular formula is C19H24N2OS. The zero-order valence-electron chi connectivity index (χ0n) is 14.1. The van der Waals surface area contributed by atoms with Gasteiger partial charge in [-0.1, -0.05) is 43.7 Å². The van der Waals surface area contributed by atoms with Crippen molar-refractivity contribution in [3.63, 3.8) is 0 Å². The number of nitrogens with zero attached hydrogens (tertiary/aromatic N) is 2. The van der Waals surface area contributed by atoms with Crippen LogP contribution in [0.3, 0.4) is 0 Å². The first-order valence-electron chi connectivity index (χ1n) is 8.31. The summed E-state index contributed by atoms with van der Waals surface area (Å²) < 4.78 is 5.99. The van der Waals surface area contributed by atoms with Crippen molar-refractivity contribution in [3.8, 4) is 11.4 Å². The summed E-state index contributed by atoms with van der Waals surface area (Å²) in [5.41, 5.74) is 3.26. The van der Waals surface area contributed by atoms with E-state index in [4.69, 9.17) is 14.7 Å². The van der Waals surface area contributed by atoms with Gasteiger partial charge >= 0.3 is 0 Å². The Morgan fingerprint density at radius 2 is 1.96 bits per heavy atom. The van der Waals surface area contributed by atoms with Gasteiger partial charge in [-0.05, 0) is 26.0 Å². The summed E-state index contributed by atoms with van der Waals surface area (Å²) in [6, 6.07) is 10.2. The van der Waals surface area contributed by atoms with Crippen molar-refractivity contribution in [1.29, 1.82) is 0 Å². The third-order valence-corrected chi connectivity index (χ3v) is 5.13. The molecule has 3 nitrogen and oxygen atoms in total. The van der Waals surface area contributed by atoms with Gasteiger partial charge in [0, 0.05) is 17.5 Å². The van der Waals surface area contributed by atoms with Crippen LogP contribution in [0.15, 0.2) is 35.4 Å². The number of hydrogen-bond acceptors (Lipinski definition) is 4. The molecule has 1 aliphatic rings. The largest absolute Gasteiger partial charge is 0.370 e. The second kappa shape index (κ2) is 7.02. The van der Waals surface area contributed by atoms with E-state index in [0.29, 0.717) is 6.61 Å². The fourth-order valence-corrected chi connectivity index (χ4v) is 3.80. The first-order valence-corrected chi connectivity index (χ1v) is 9.29. The van der Waals surface area contributed by atoms with Gasteiger partial charge in [-0.15, -0.1) is 11.8 Å². The maximum atomic E-state index is 5.99. The van der Waals surface area contributed by atoms with Gasteiger partial charge in [0.05, 0.1) is 17.9 Å². The van der Waals surface area contributed by atoms with Crippen molar-refractivity contribution >= 4 is 11.8 Å². The molecule has 23 heavy (non-hydrogen) atoms. The molecule has 0 radical (unpaired) electrons. The highest BCUT2D eigenvalue weighted by Crippen LogP contribution is 2.34. The molecule has 0 unspecified atom stereocenters. The minimum atomic E-state index is -0.152. The first kappa shape index (κ1) is 16.5. The molecular weight excluding hydrogens is 304 g/mol. The smallest absolute Gasteiger partial charge is 0.160 e. The first-order chi connectivity index (χ1) is 11.1. The average molecular weight is 328 g/mol. The van der Waals surface area contributed by atoms with E-state index in [9.17, 15) is 0 Å². The molecule has 2 aromatic rings. The third kappa shape index (κ3) is 3.93. The third-order valence-electron chi connectivity index (χ3n) is 4.02. The van der Waals surface area contributed by atoms with E-state index in [1.807, 2.05) is 30.0 Å². The molecule has 3 rings (SSSR count). The van der Waals surface area contributed by atoms with Crippen molar-refractivity contribution in [2.45, 2.75) is 57.3 Å². The normalized spacial score (nSPS) is 16.1. The Morgan fingerprint density at radius 3 is 2.70 bits per heavy atom. The van der Waals surface area contributed by atoms with Crippen molar-refractivity contribution in [2.75, 3.05) is 5.75 Å². The van der Waals surface area contributed by atoms with Crippen molar-refractivity contribution in [2.24, 2.45) is 0 Å². The van der Waals surface area contributed by atoms with Crippen LogP contribution in [0.1, 0.15) is 44.9 Å². The van der Waals surface area contributed by atoms with E-state index in [-0.39, 0.29) is 5.60 Å². The Balaban J connectivity index is 2.00. The molecule has 0 fully saturated rings. The summed E-state index contributed by atoms with van der Waals surface area (Å²) in [5.74, 6) is 1.93. The molecule has 0 N–H and O–H groups in total. The molecule has 4 heteroatoms. The van der Waals surface area contributed by atoms with Crippen LogP contribution in [-0.2, 0) is 17.8 Å². The van der Waals surface area contributed by atoms with Crippen LogP contribution in [0.5, 0.6) is 0 Å². The Labute approximate surface area is 142 Å². The molecule has 2 heterocycles. The van der Waals surface area contributed by atoms with Crippen LogP contribution < -0.4 is 0 Å². The lowest BCUT2D eigenvalue weighted by atomic mass is 9.96. The number of unbranched alkanes of at least 4 members (excludes halogenated alkanes) is 1. The molecule has 0 amide bonds.